The Labute approximate surface area is 199 Å². The smallest absolute Gasteiger partial charge is 0.255 e. The van der Waals surface area contributed by atoms with Crippen LogP contribution < -0.4 is 10.3 Å². The van der Waals surface area contributed by atoms with E-state index in [2.05, 4.69) is 9.71 Å². The molecule has 0 unspecified atom stereocenters. The van der Waals surface area contributed by atoms with Gasteiger partial charge in [-0.3, -0.25) is 9.59 Å². The van der Waals surface area contributed by atoms with Crippen LogP contribution >= 0.6 is 23.2 Å². The Morgan fingerprint density at radius 1 is 1.22 bits per heavy atom. The van der Waals surface area contributed by atoms with Gasteiger partial charge in [-0.2, -0.15) is 0 Å². The van der Waals surface area contributed by atoms with Gasteiger partial charge in [-0.1, -0.05) is 23.2 Å². The van der Waals surface area contributed by atoms with E-state index in [1.165, 1.54) is 24.4 Å². The molecule has 1 aliphatic heterocycles. The van der Waals surface area contributed by atoms with Gasteiger partial charge in [-0.25, -0.2) is 8.93 Å². The number of hydrogen-bond acceptors (Lipinski definition) is 4. The minimum absolute atomic E-state index is 0.00377. The molecule has 0 bridgehead atoms. The number of H-pyrrole nitrogens is 1. The van der Waals surface area contributed by atoms with Gasteiger partial charge in [0.1, 0.15) is 5.75 Å². The number of amides is 1. The van der Waals surface area contributed by atoms with E-state index in [1.807, 2.05) is 20.8 Å². The summed E-state index contributed by atoms with van der Waals surface area (Å²) >= 11 is 12.3. The zero-order valence-corrected chi connectivity index (χ0v) is 20.5. The lowest BCUT2D eigenvalue weighted by atomic mass is 9.85. The van der Waals surface area contributed by atoms with Crippen LogP contribution in [0.15, 0.2) is 35.3 Å². The number of phenolic OH excluding ortho intramolecular Hbond substituents is 1. The number of rotatable bonds is 5. The average molecular weight is 500 g/mol. The molecule has 2 atom stereocenters. The number of aromatic amines is 1. The van der Waals surface area contributed by atoms with Gasteiger partial charge in [-0.15, -0.1) is 0 Å². The number of carbonyl (C=O) groups excluding carboxylic acids is 1. The second-order valence-electron chi connectivity index (χ2n) is 8.87. The maximum Gasteiger partial charge on any atom is 0.255 e. The van der Waals surface area contributed by atoms with Crippen molar-refractivity contribution in [2.45, 2.75) is 44.4 Å². The van der Waals surface area contributed by atoms with Crippen LogP contribution in [0.25, 0.3) is 0 Å². The van der Waals surface area contributed by atoms with Crippen LogP contribution in [0.5, 0.6) is 5.75 Å². The van der Waals surface area contributed by atoms with Crippen molar-refractivity contribution >= 4 is 40.1 Å². The van der Waals surface area contributed by atoms with Gasteiger partial charge in [0.2, 0.25) is 5.56 Å². The van der Waals surface area contributed by atoms with Crippen LogP contribution in [0, 0.1) is 5.92 Å². The highest BCUT2D eigenvalue weighted by molar-refractivity contribution is 7.84. The van der Waals surface area contributed by atoms with Crippen molar-refractivity contribution in [3.63, 3.8) is 0 Å². The lowest BCUT2D eigenvalue weighted by Crippen LogP contribution is -2.44. The van der Waals surface area contributed by atoms with Crippen LogP contribution in [-0.2, 0) is 11.0 Å². The Balaban J connectivity index is 1.81. The van der Waals surface area contributed by atoms with Gasteiger partial charge in [0.25, 0.3) is 5.91 Å². The molecule has 3 rings (SSSR count). The molecule has 1 aromatic carbocycles. The van der Waals surface area contributed by atoms with Crippen molar-refractivity contribution in [2.24, 2.45) is 5.92 Å². The SMILES string of the molecule is CC(C)(C)[S@@](=O)N[C@@H](c1cc(Cl)c(Cl)cc1O)C1CCN(C(=O)c2ccc(=O)[nH]c2)CC1. The number of aromatic hydroxyl groups is 1. The summed E-state index contributed by atoms with van der Waals surface area (Å²) in [6.45, 7) is 6.59. The average Bonchev–Trinajstić information content (AvgIpc) is 2.74. The van der Waals surface area contributed by atoms with Crippen LogP contribution in [-0.4, -0.2) is 42.9 Å². The van der Waals surface area contributed by atoms with E-state index in [9.17, 15) is 18.9 Å². The van der Waals surface area contributed by atoms with Gasteiger partial charge in [0, 0.05) is 37.0 Å². The molecule has 1 fully saturated rings. The number of halogens is 2. The molecule has 2 heterocycles. The summed E-state index contributed by atoms with van der Waals surface area (Å²) in [6, 6.07) is 5.40. The van der Waals surface area contributed by atoms with Crippen molar-refractivity contribution in [3.8, 4) is 5.75 Å². The number of nitrogens with one attached hydrogen (secondary N) is 2. The summed E-state index contributed by atoms with van der Waals surface area (Å²) < 4.78 is 15.6. The number of pyridine rings is 1. The fourth-order valence-corrected chi connectivity index (χ4v) is 4.90. The van der Waals surface area contributed by atoms with Crippen LogP contribution in [0.1, 0.15) is 55.6 Å². The Hall–Kier alpha value is -1.87. The van der Waals surface area contributed by atoms with E-state index in [4.69, 9.17) is 23.2 Å². The van der Waals surface area contributed by atoms with E-state index in [0.717, 1.165) is 0 Å². The van der Waals surface area contributed by atoms with Gasteiger partial charge in [0.15, 0.2) is 0 Å². The molecule has 2 aromatic rings. The second-order valence-corrected chi connectivity index (χ2v) is 11.7. The maximum absolute atomic E-state index is 12.9. The lowest BCUT2D eigenvalue weighted by Gasteiger charge is -2.37. The van der Waals surface area contributed by atoms with E-state index < -0.39 is 21.8 Å². The molecule has 32 heavy (non-hydrogen) atoms. The summed E-state index contributed by atoms with van der Waals surface area (Å²) in [4.78, 5) is 28.3. The second kappa shape index (κ2) is 9.95. The Bertz CT molecular complexity index is 1060. The summed E-state index contributed by atoms with van der Waals surface area (Å²) in [6.07, 6.45) is 2.68. The molecule has 174 valence electrons. The molecule has 0 saturated carbocycles. The van der Waals surface area contributed by atoms with Gasteiger partial charge in [-0.05, 0) is 51.7 Å². The molecular formula is C22H27Cl2N3O4S. The fraction of sp³-hybridized carbons (Fsp3) is 0.455. The third-order valence-corrected chi connectivity index (χ3v) is 7.83. The molecule has 1 amide bonds. The molecule has 3 N–H and O–H groups in total. The number of nitrogens with zero attached hydrogens (tertiary/aromatic N) is 1. The largest absolute Gasteiger partial charge is 0.508 e. The van der Waals surface area contributed by atoms with E-state index in [1.54, 1.807) is 11.0 Å². The molecule has 1 saturated heterocycles. The zero-order valence-electron chi connectivity index (χ0n) is 18.2. The van der Waals surface area contributed by atoms with Crippen molar-refractivity contribution < 1.29 is 14.1 Å². The predicted octanol–water partition coefficient (Wildman–Crippen LogP) is 4.03. The molecule has 1 aliphatic rings. The quantitative estimate of drug-likeness (QED) is 0.577. The fourth-order valence-electron chi connectivity index (χ4n) is 3.67. The first-order chi connectivity index (χ1) is 15.0. The molecule has 0 radical (unpaired) electrons. The Morgan fingerprint density at radius 3 is 2.41 bits per heavy atom. The van der Waals surface area contributed by atoms with Crippen molar-refractivity contribution in [1.82, 2.24) is 14.6 Å². The molecule has 7 nitrogen and oxygen atoms in total. The maximum atomic E-state index is 12.9. The van der Waals surface area contributed by atoms with E-state index in [-0.39, 0.29) is 28.2 Å². The Morgan fingerprint density at radius 2 is 1.84 bits per heavy atom. The molecule has 10 heteroatoms. The number of phenols is 1. The number of piperidine rings is 1. The number of aromatic nitrogens is 1. The van der Waals surface area contributed by atoms with Crippen LogP contribution in [0.3, 0.4) is 0 Å². The van der Waals surface area contributed by atoms with E-state index >= 15 is 0 Å². The first-order valence-corrected chi connectivity index (χ1v) is 12.2. The van der Waals surface area contributed by atoms with Gasteiger partial charge >= 0.3 is 0 Å². The molecular weight excluding hydrogens is 473 g/mol. The first kappa shape index (κ1) is 24.8. The number of likely N-dealkylation sites (tertiary alicyclic amines) is 1. The molecule has 1 aromatic heterocycles. The normalized spacial score (nSPS) is 17.2. The highest BCUT2D eigenvalue weighted by Crippen LogP contribution is 2.40. The minimum Gasteiger partial charge on any atom is -0.508 e. The Kier molecular flexibility index (Phi) is 7.70. The summed E-state index contributed by atoms with van der Waals surface area (Å²) in [5.41, 5.74) is 0.693. The highest BCUT2D eigenvalue weighted by Gasteiger charge is 2.34. The number of benzene rings is 1. The zero-order chi connectivity index (χ0) is 23.6. The van der Waals surface area contributed by atoms with E-state index in [0.29, 0.717) is 42.1 Å². The van der Waals surface area contributed by atoms with Crippen molar-refractivity contribution in [2.75, 3.05) is 13.1 Å². The number of hydrogen-bond donors (Lipinski definition) is 3. The topological polar surface area (TPSA) is 102 Å². The predicted molar refractivity (Wildman–Crippen MR) is 128 cm³/mol. The monoisotopic (exact) mass is 499 g/mol. The highest BCUT2D eigenvalue weighted by atomic mass is 35.5. The van der Waals surface area contributed by atoms with Gasteiger partial charge < -0.3 is 15.0 Å². The molecule has 0 aliphatic carbocycles. The van der Waals surface area contributed by atoms with Crippen LogP contribution in [0.2, 0.25) is 10.0 Å². The van der Waals surface area contributed by atoms with Crippen molar-refractivity contribution in [1.29, 1.82) is 0 Å². The minimum atomic E-state index is -1.39. The summed E-state index contributed by atoms with van der Waals surface area (Å²) in [7, 11) is -1.39. The standard InChI is InChI=1S/C22H27Cl2N3O4S/c1-22(2,3)32(31)26-20(15-10-16(23)17(24)11-18(15)28)13-6-8-27(9-7-13)21(30)14-4-5-19(29)25-12-14/h4-5,10-13,20,26,28H,6-9H2,1-3H3,(H,25,29)/t20-,32-/m1/s1. The lowest BCUT2D eigenvalue weighted by molar-refractivity contribution is 0.0674. The third kappa shape index (κ3) is 5.73. The van der Waals surface area contributed by atoms with Gasteiger partial charge in [0.05, 0.1) is 37.4 Å². The third-order valence-electron chi connectivity index (χ3n) is 5.52. The number of carbonyl (C=O) groups is 1. The van der Waals surface area contributed by atoms with Crippen molar-refractivity contribution in [3.05, 3.63) is 62.0 Å². The summed E-state index contributed by atoms with van der Waals surface area (Å²) in [5.74, 6) is -0.168. The molecule has 0 spiro atoms. The first-order valence-electron chi connectivity index (χ1n) is 10.3. The summed E-state index contributed by atoms with van der Waals surface area (Å²) in [5, 5.41) is 11.1. The van der Waals surface area contributed by atoms with Crippen LogP contribution in [0.4, 0.5) is 0 Å².